The van der Waals surface area contributed by atoms with E-state index in [9.17, 15) is 10.1 Å². The number of hydrogen-bond acceptors (Lipinski definition) is 7. The number of amides is 1. The van der Waals surface area contributed by atoms with Crippen LogP contribution in [0.3, 0.4) is 0 Å². The molecular formula is C26H33N7O. The van der Waals surface area contributed by atoms with Crippen molar-refractivity contribution < 1.29 is 4.79 Å². The fourth-order valence-electron chi connectivity index (χ4n) is 5.51. The number of benzene rings is 1. The lowest BCUT2D eigenvalue weighted by Crippen LogP contribution is -2.44. The van der Waals surface area contributed by atoms with Gasteiger partial charge < -0.3 is 20.4 Å². The molecule has 2 fully saturated rings. The van der Waals surface area contributed by atoms with Gasteiger partial charge in [-0.15, -0.1) is 0 Å². The average molecular weight is 460 g/mol. The fourth-order valence-corrected chi connectivity index (χ4v) is 5.51. The maximum atomic E-state index is 13.1. The molecule has 1 aromatic carbocycles. The fraction of sp³-hybridized carbons (Fsp3) is 0.538. The zero-order chi connectivity index (χ0) is 23.7. The maximum Gasteiger partial charge on any atom is 0.224 e. The summed E-state index contributed by atoms with van der Waals surface area (Å²) in [6.07, 6.45) is 4.95. The minimum atomic E-state index is -0.461. The lowest BCUT2D eigenvalue weighted by molar-refractivity contribution is -0.133. The molecule has 178 valence electrons. The van der Waals surface area contributed by atoms with Crippen molar-refractivity contribution in [2.45, 2.75) is 45.1 Å². The van der Waals surface area contributed by atoms with Gasteiger partial charge in [0.15, 0.2) is 0 Å². The Bertz CT molecular complexity index is 1110. The third-order valence-electron chi connectivity index (χ3n) is 7.71. The van der Waals surface area contributed by atoms with Crippen molar-refractivity contribution in [1.82, 2.24) is 19.8 Å². The van der Waals surface area contributed by atoms with Crippen molar-refractivity contribution in [2.24, 2.45) is 5.41 Å². The molecule has 1 aromatic heterocycles. The van der Waals surface area contributed by atoms with Gasteiger partial charge in [-0.2, -0.15) is 10.2 Å². The van der Waals surface area contributed by atoms with Gasteiger partial charge in [0.05, 0.1) is 17.2 Å². The molecule has 2 aromatic rings. The Morgan fingerprint density at radius 3 is 2.59 bits per heavy atom. The highest BCUT2D eigenvalue weighted by Crippen LogP contribution is 2.41. The Kier molecular flexibility index (Phi) is 6.13. The average Bonchev–Trinajstić information content (AvgIpc) is 3.32. The summed E-state index contributed by atoms with van der Waals surface area (Å²) >= 11 is 0. The molecule has 3 heterocycles. The Hall–Kier alpha value is -3.18. The van der Waals surface area contributed by atoms with E-state index >= 15 is 0 Å². The van der Waals surface area contributed by atoms with Crippen LogP contribution in [0.2, 0.25) is 0 Å². The van der Waals surface area contributed by atoms with Crippen molar-refractivity contribution in [3.63, 3.8) is 0 Å². The first kappa shape index (κ1) is 22.6. The lowest BCUT2D eigenvalue weighted by Gasteiger charge is -2.33. The van der Waals surface area contributed by atoms with Crippen LogP contribution in [0.1, 0.15) is 43.2 Å². The molecular weight excluding hydrogens is 426 g/mol. The minimum absolute atomic E-state index is 0.100. The van der Waals surface area contributed by atoms with Crippen LogP contribution in [0, 0.1) is 16.7 Å². The monoisotopic (exact) mass is 459 g/mol. The number of carbonyl (C=O) groups is 1. The first-order chi connectivity index (χ1) is 16.4. The largest absolute Gasteiger partial charge is 0.368 e. The van der Waals surface area contributed by atoms with Crippen LogP contribution in [-0.4, -0.2) is 65.4 Å². The predicted octanol–water partition coefficient (Wildman–Crippen LogP) is 2.84. The molecule has 0 spiro atoms. The molecule has 0 radical (unpaired) electrons. The van der Waals surface area contributed by atoms with Gasteiger partial charge in [-0.05, 0) is 43.5 Å². The second-order valence-corrected chi connectivity index (χ2v) is 10.1. The number of carbonyl (C=O) groups excluding carboxylic acids is 1. The van der Waals surface area contributed by atoms with Crippen molar-refractivity contribution >= 4 is 17.7 Å². The van der Waals surface area contributed by atoms with E-state index in [0.29, 0.717) is 19.5 Å². The van der Waals surface area contributed by atoms with Crippen molar-refractivity contribution in [1.29, 1.82) is 5.26 Å². The van der Waals surface area contributed by atoms with E-state index in [-0.39, 0.29) is 11.9 Å². The Labute approximate surface area is 201 Å². The normalized spacial score (nSPS) is 20.1. The number of nitrogens with two attached hydrogens (primary N) is 1. The molecule has 1 saturated carbocycles. The highest BCUT2D eigenvalue weighted by molar-refractivity contribution is 5.78. The smallest absolute Gasteiger partial charge is 0.224 e. The first-order valence-corrected chi connectivity index (χ1v) is 12.3. The van der Waals surface area contributed by atoms with Crippen molar-refractivity contribution in [2.75, 3.05) is 50.4 Å². The van der Waals surface area contributed by atoms with Gasteiger partial charge in [-0.1, -0.05) is 25.0 Å². The first-order valence-electron chi connectivity index (χ1n) is 12.3. The van der Waals surface area contributed by atoms with E-state index in [2.05, 4.69) is 51.1 Å². The van der Waals surface area contributed by atoms with E-state index in [0.717, 1.165) is 80.9 Å². The molecule has 34 heavy (non-hydrogen) atoms. The van der Waals surface area contributed by atoms with Gasteiger partial charge >= 0.3 is 0 Å². The molecule has 1 aliphatic carbocycles. The number of nitriles is 1. The zero-order valence-corrected chi connectivity index (χ0v) is 20.0. The molecule has 3 aliphatic rings. The van der Waals surface area contributed by atoms with E-state index in [4.69, 9.17) is 5.73 Å². The molecule has 5 rings (SSSR count). The summed E-state index contributed by atoms with van der Waals surface area (Å²) in [5, 5.41) is 9.69. The lowest BCUT2D eigenvalue weighted by atomic mass is 9.83. The third-order valence-corrected chi connectivity index (χ3v) is 7.71. The van der Waals surface area contributed by atoms with Gasteiger partial charge in [0.1, 0.15) is 5.82 Å². The highest BCUT2D eigenvalue weighted by Gasteiger charge is 2.37. The summed E-state index contributed by atoms with van der Waals surface area (Å²) in [5.74, 6) is 1.24. The number of fused-ring (bicyclic) bond motifs is 1. The standard InChI is InChI=1S/C26H33N7O/c1-31-10-12-32(13-11-31)23-15-22(29-25(28)30-23)20-5-4-19-6-9-33(17-21(19)14-20)24(34)16-26(18-27)7-2-3-8-26/h4-5,14-15H,2-3,6-13,16-17H2,1H3,(H2,28,29,30). The molecule has 8 heteroatoms. The minimum Gasteiger partial charge on any atom is -0.368 e. The van der Waals surface area contributed by atoms with Crippen molar-refractivity contribution in [3.05, 3.63) is 35.4 Å². The van der Waals surface area contributed by atoms with Crippen LogP contribution in [0.15, 0.2) is 24.3 Å². The molecule has 2 aliphatic heterocycles. The third kappa shape index (κ3) is 4.58. The van der Waals surface area contributed by atoms with E-state index in [1.807, 2.05) is 11.0 Å². The molecule has 0 bridgehead atoms. The Balaban J connectivity index is 1.35. The predicted molar refractivity (Wildman–Crippen MR) is 132 cm³/mol. The number of likely N-dealkylation sites (N-methyl/N-ethyl adjacent to an activating group) is 1. The Morgan fingerprint density at radius 1 is 1.09 bits per heavy atom. The number of hydrogen-bond donors (Lipinski definition) is 1. The number of rotatable bonds is 4. The Morgan fingerprint density at radius 2 is 1.85 bits per heavy atom. The van der Waals surface area contributed by atoms with Crippen LogP contribution in [0.4, 0.5) is 11.8 Å². The van der Waals surface area contributed by atoms with Crippen LogP contribution >= 0.6 is 0 Å². The van der Waals surface area contributed by atoms with Gasteiger partial charge in [0, 0.05) is 57.3 Å². The van der Waals surface area contributed by atoms with Crippen molar-refractivity contribution in [3.8, 4) is 17.3 Å². The summed E-state index contributed by atoms with van der Waals surface area (Å²) in [6, 6.07) is 10.9. The molecule has 1 amide bonds. The van der Waals surface area contributed by atoms with Crippen LogP contribution in [0.25, 0.3) is 11.3 Å². The topological polar surface area (TPSA) is 102 Å². The number of nitrogens with zero attached hydrogens (tertiary/aromatic N) is 6. The van der Waals surface area contributed by atoms with E-state index < -0.39 is 5.41 Å². The molecule has 0 atom stereocenters. The summed E-state index contributed by atoms with van der Waals surface area (Å²) in [5.41, 5.74) is 9.84. The number of piperazine rings is 1. The van der Waals surface area contributed by atoms with Gasteiger partial charge in [0.25, 0.3) is 0 Å². The molecule has 1 saturated heterocycles. The van der Waals surface area contributed by atoms with Crippen LogP contribution in [0.5, 0.6) is 0 Å². The van der Waals surface area contributed by atoms with Gasteiger partial charge in [-0.3, -0.25) is 4.79 Å². The summed E-state index contributed by atoms with van der Waals surface area (Å²) < 4.78 is 0. The second kappa shape index (κ2) is 9.22. The zero-order valence-electron chi connectivity index (χ0n) is 20.0. The molecule has 8 nitrogen and oxygen atoms in total. The molecule has 0 unspecified atom stereocenters. The number of nitrogen functional groups attached to an aromatic ring is 1. The summed E-state index contributed by atoms with van der Waals surface area (Å²) in [4.78, 5) is 28.6. The second-order valence-electron chi connectivity index (χ2n) is 10.1. The molecule has 2 N–H and O–H groups in total. The van der Waals surface area contributed by atoms with Crippen LogP contribution < -0.4 is 10.6 Å². The maximum absolute atomic E-state index is 13.1. The number of aromatic nitrogens is 2. The van der Waals surface area contributed by atoms with E-state index in [1.54, 1.807) is 0 Å². The SMILES string of the molecule is CN1CCN(c2cc(-c3ccc4c(c3)CN(C(=O)CC3(C#N)CCCC3)CC4)nc(N)n2)CC1. The van der Waals surface area contributed by atoms with Crippen LogP contribution in [-0.2, 0) is 17.8 Å². The highest BCUT2D eigenvalue weighted by atomic mass is 16.2. The van der Waals surface area contributed by atoms with Gasteiger partial charge in [0.2, 0.25) is 11.9 Å². The summed E-state index contributed by atoms with van der Waals surface area (Å²) in [6.45, 7) is 5.11. The van der Waals surface area contributed by atoms with Gasteiger partial charge in [-0.25, -0.2) is 4.98 Å². The number of anilines is 2. The quantitative estimate of drug-likeness (QED) is 0.750. The van der Waals surface area contributed by atoms with E-state index in [1.165, 1.54) is 5.56 Å². The summed E-state index contributed by atoms with van der Waals surface area (Å²) in [7, 11) is 2.13.